The summed E-state index contributed by atoms with van der Waals surface area (Å²) in [5.41, 5.74) is 3.15. The smallest absolute Gasteiger partial charge is 0.335 e. The number of ether oxygens (including phenoxy) is 1. The van der Waals surface area contributed by atoms with Crippen LogP contribution in [0.1, 0.15) is 28.8 Å². The number of oxazole rings is 1. The first-order chi connectivity index (χ1) is 15.7. The number of benzene rings is 3. The number of aryl methyl sites for hydroxylation is 1. The van der Waals surface area contributed by atoms with E-state index >= 15 is 0 Å². The summed E-state index contributed by atoms with van der Waals surface area (Å²) in [5.74, 6) is -0.404. The van der Waals surface area contributed by atoms with Crippen molar-refractivity contribution in [3.05, 3.63) is 90.0 Å². The predicted molar refractivity (Wildman–Crippen MR) is 124 cm³/mol. The average Bonchev–Trinajstić information content (AvgIpc) is 3.25. The van der Waals surface area contributed by atoms with Gasteiger partial charge in [-0.05, 0) is 55.2 Å². The van der Waals surface area contributed by atoms with Gasteiger partial charge in [-0.1, -0.05) is 48.5 Å². The quantitative estimate of drug-likeness (QED) is 0.320. The number of carboxylic acid groups (broad SMARTS) is 1. The van der Waals surface area contributed by atoms with Crippen LogP contribution in [0.25, 0.3) is 11.1 Å². The van der Waals surface area contributed by atoms with Gasteiger partial charge in [0.2, 0.25) is 0 Å². The standard InChI is InChI=1S/C26H26N2O4/c29-25(30)21-12-6-13-22(19-21)31-18-8-17-28(16-7-11-20-9-2-1-3-10-20)26-27-23-14-4-5-15-24(23)32-26/h1-6,9-10,12-15,19H,7-8,11,16-18H2,(H,29,30). The van der Waals surface area contributed by atoms with Crippen LogP contribution in [0.15, 0.2) is 83.3 Å². The van der Waals surface area contributed by atoms with E-state index in [0.29, 0.717) is 18.4 Å². The maximum absolute atomic E-state index is 11.1. The second kappa shape index (κ2) is 10.5. The van der Waals surface area contributed by atoms with Gasteiger partial charge in [0, 0.05) is 13.1 Å². The summed E-state index contributed by atoms with van der Waals surface area (Å²) in [7, 11) is 0. The Morgan fingerprint density at radius 3 is 2.53 bits per heavy atom. The Morgan fingerprint density at radius 1 is 0.938 bits per heavy atom. The summed E-state index contributed by atoms with van der Waals surface area (Å²) < 4.78 is 11.8. The molecule has 1 aromatic heterocycles. The minimum absolute atomic E-state index is 0.219. The zero-order valence-corrected chi connectivity index (χ0v) is 17.8. The van der Waals surface area contributed by atoms with E-state index in [1.807, 2.05) is 30.3 Å². The third-order valence-corrected chi connectivity index (χ3v) is 5.21. The van der Waals surface area contributed by atoms with Crippen molar-refractivity contribution in [3.8, 4) is 5.75 Å². The topological polar surface area (TPSA) is 75.8 Å². The summed E-state index contributed by atoms with van der Waals surface area (Å²) in [6.07, 6.45) is 2.71. The van der Waals surface area contributed by atoms with Gasteiger partial charge in [-0.25, -0.2) is 4.79 Å². The molecule has 0 bridgehead atoms. The molecular weight excluding hydrogens is 404 g/mol. The van der Waals surface area contributed by atoms with E-state index in [0.717, 1.165) is 43.5 Å². The molecule has 0 unspecified atom stereocenters. The number of hydrogen-bond acceptors (Lipinski definition) is 5. The van der Waals surface area contributed by atoms with E-state index in [1.165, 1.54) is 5.56 Å². The van der Waals surface area contributed by atoms with Crippen molar-refractivity contribution in [1.29, 1.82) is 0 Å². The molecule has 1 N–H and O–H groups in total. The Kier molecular flexibility index (Phi) is 7.02. The van der Waals surface area contributed by atoms with Gasteiger partial charge in [0.05, 0.1) is 12.2 Å². The number of carboxylic acids is 1. The Balaban J connectivity index is 1.37. The molecule has 4 aromatic rings. The summed E-state index contributed by atoms with van der Waals surface area (Å²) in [6, 6.07) is 25.4. The van der Waals surface area contributed by atoms with E-state index in [1.54, 1.807) is 24.3 Å². The number of anilines is 1. The molecule has 4 rings (SSSR count). The lowest BCUT2D eigenvalue weighted by atomic mass is 10.1. The van der Waals surface area contributed by atoms with Crippen molar-refractivity contribution >= 4 is 23.1 Å². The van der Waals surface area contributed by atoms with Crippen molar-refractivity contribution in [1.82, 2.24) is 4.98 Å². The number of aromatic carboxylic acids is 1. The third kappa shape index (κ3) is 5.66. The van der Waals surface area contributed by atoms with Crippen LogP contribution in [0.2, 0.25) is 0 Å². The van der Waals surface area contributed by atoms with Crippen molar-refractivity contribution in [3.63, 3.8) is 0 Å². The number of nitrogens with zero attached hydrogens (tertiary/aromatic N) is 2. The molecular formula is C26H26N2O4. The number of para-hydroxylation sites is 2. The van der Waals surface area contributed by atoms with Gasteiger partial charge in [-0.2, -0.15) is 4.98 Å². The van der Waals surface area contributed by atoms with Crippen LogP contribution in [0, 0.1) is 0 Å². The maximum atomic E-state index is 11.1. The lowest BCUT2D eigenvalue weighted by Gasteiger charge is -2.20. The second-order valence-electron chi connectivity index (χ2n) is 7.58. The molecule has 0 aliphatic rings. The van der Waals surface area contributed by atoms with Gasteiger partial charge in [-0.3, -0.25) is 0 Å². The average molecular weight is 431 g/mol. The number of fused-ring (bicyclic) bond motifs is 1. The second-order valence-corrected chi connectivity index (χ2v) is 7.58. The van der Waals surface area contributed by atoms with Crippen LogP contribution >= 0.6 is 0 Å². The van der Waals surface area contributed by atoms with Crippen LogP contribution in [0.4, 0.5) is 6.01 Å². The SMILES string of the molecule is O=C(O)c1cccc(OCCCN(CCCc2ccccc2)c2nc3ccccc3o2)c1. The van der Waals surface area contributed by atoms with Crippen LogP contribution in [0.5, 0.6) is 5.75 Å². The van der Waals surface area contributed by atoms with Gasteiger partial charge in [0.1, 0.15) is 11.3 Å². The van der Waals surface area contributed by atoms with Crippen molar-refractivity contribution in [2.75, 3.05) is 24.6 Å². The summed E-state index contributed by atoms with van der Waals surface area (Å²) in [4.78, 5) is 17.9. The lowest BCUT2D eigenvalue weighted by molar-refractivity contribution is 0.0696. The molecule has 0 radical (unpaired) electrons. The molecule has 0 fully saturated rings. The fourth-order valence-electron chi connectivity index (χ4n) is 3.58. The van der Waals surface area contributed by atoms with E-state index in [-0.39, 0.29) is 5.56 Å². The van der Waals surface area contributed by atoms with E-state index in [4.69, 9.17) is 14.3 Å². The molecule has 1 heterocycles. The lowest BCUT2D eigenvalue weighted by Crippen LogP contribution is -2.27. The highest BCUT2D eigenvalue weighted by molar-refractivity contribution is 5.88. The van der Waals surface area contributed by atoms with Crippen molar-refractivity contribution in [2.45, 2.75) is 19.3 Å². The molecule has 0 saturated heterocycles. The Morgan fingerprint density at radius 2 is 1.72 bits per heavy atom. The molecule has 6 heteroatoms. The predicted octanol–water partition coefficient (Wildman–Crippen LogP) is 5.43. The first kappa shape index (κ1) is 21.4. The number of rotatable bonds is 11. The van der Waals surface area contributed by atoms with Gasteiger partial charge in [-0.15, -0.1) is 0 Å². The minimum Gasteiger partial charge on any atom is -0.494 e. The van der Waals surface area contributed by atoms with Crippen LogP contribution < -0.4 is 9.64 Å². The van der Waals surface area contributed by atoms with Gasteiger partial charge >= 0.3 is 5.97 Å². The highest BCUT2D eigenvalue weighted by Gasteiger charge is 2.14. The zero-order valence-electron chi connectivity index (χ0n) is 17.8. The van der Waals surface area contributed by atoms with Gasteiger partial charge in [0.15, 0.2) is 5.58 Å². The molecule has 164 valence electrons. The maximum Gasteiger partial charge on any atom is 0.335 e. The van der Waals surface area contributed by atoms with Gasteiger partial charge < -0.3 is 19.2 Å². The molecule has 0 aliphatic heterocycles. The molecule has 0 atom stereocenters. The largest absolute Gasteiger partial charge is 0.494 e. The number of hydrogen-bond donors (Lipinski definition) is 1. The van der Waals surface area contributed by atoms with Crippen LogP contribution in [-0.2, 0) is 6.42 Å². The fourth-order valence-corrected chi connectivity index (χ4v) is 3.58. The van der Waals surface area contributed by atoms with E-state index < -0.39 is 5.97 Å². The first-order valence-corrected chi connectivity index (χ1v) is 10.8. The summed E-state index contributed by atoms with van der Waals surface area (Å²) in [6.45, 7) is 2.01. The molecule has 0 aliphatic carbocycles. The Bertz CT molecular complexity index is 1120. The monoisotopic (exact) mass is 430 g/mol. The summed E-state index contributed by atoms with van der Waals surface area (Å²) in [5, 5.41) is 9.12. The fraction of sp³-hybridized carbons (Fsp3) is 0.231. The molecule has 6 nitrogen and oxygen atoms in total. The van der Waals surface area contributed by atoms with Crippen molar-refractivity contribution in [2.24, 2.45) is 0 Å². The number of aromatic nitrogens is 1. The highest BCUT2D eigenvalue weighted by Crippen LogP contribution is 2.22. The Hall–Kier alpha value is -3.80. The molecule has 0 spiro atoms. The number of carbonyl (C=O) groups is 1. The Labute approximate surface area is 187 Å². The zero-order chi connectivity index (χ0) is 22.2. The minimum atomic E-state index is -0.962. The van der Waals surface area contributed by atoms with Gasteiger partial charge in [0.25, 0.3) is 6.01 Å². The van der Waals surface area contributed by atoms with E-state index in [2.05, 4.69) is 34.1 Å². The summed E-state index contributed by atoms with van der Waals surface area (Å²) >= 11 is 0. The van der Waals surface area contributed by atoms with E-state index in [9.17, 15) is 4.79 Å². The van der Waals surface area contributed by atoms with Crippen molar-refractivity contribution < 1.29 is 19.1 Å². The van der Waals surface area contributed by atoms with Crippen LogP contribution in [-0.4, -0.2) is 35.8 Å². The molecule has 32 heavy (non-hydrogen) atoms. The molecule has 0 saturated carbocycles. The normalized spacial score (nSPS) is 10.9. The van der Waals surface area contributed by atoms with Crippen LogP contribution in [0.3, 0.4) is 0 Å². The molecule has 3 aromatic carbocycles. The third-order valence-electron chi connectivity index (χ3n) is 5.21. The first-order valence-electron chi connectivity index (χ1n) is 10.8. The highest BCUT2D eigenvalue weighted by atomic mass is 16.5. The molecule has 0 amide bonds.